The maximum atomic E-state index is 12.0. The third-order valence-electron chi connectivity index (χ3n) is 3.83. The molecule has 0 aliphatic heterocycles. The monoisotopic (exact) mass is 375 g/mol. The SMILES string of the molecule is Cc1ncc(I)c(=O)n1CCNC1CCCCCC1. The normalized spacial score (nSPS) is 17.4. The minimum absolute atomic E-state index is 0.0794. The molecule has 0 unspecified atom stereocenters. The van der Waals surface area contributed by atoms with E-state index >= 15 is 0 Å². The summed E-state index contributed by atoms with van der Waals surface area (Å²) in [6, 6.07) is 0.634. The smallest absolute Gasteiger partial charge is 0.266 e. The molecule has 1 aromatic heterocycles. The van der Waals surface area contributed by atoms with Crippen LogP contribution < -0.4 is 10.9 Å². The number of halogens is 1. The Balaban J connectivity index is 1.88. The van der Waals surface area contributed by atoms with E-state index in [1.165, 1.54) is 38.5 Å². The van der Waals surface area contributed by atoms with Crippen LogP contribution in [0.15, 0.2) is 11.0 Å². The van der Waals surface area contributed by atoms with Gasteiger partial charge in [0.15, 0.2) is 0 Å². The fourth-order valence-corrected chi connectivity index (χ4v) is 3.11. The molecule has 1 aromatic rings. The fraction of sp³-hybridized carbons (Fsp3) is 0.714. The number of nitrogens with zero attached hydrogens (tertiary/aromatic N) is 2. The van der Waals surface area contributed by atoms with Gasteiger partial charge in [0, 0.05) is 25.3 Å². The number of aromatic nitrogens is 2. The van der Waals surface area contributed by atoms with Crippen LogP contribution in [0.1, 0.15) is 44.3 Å². The average molecular weight is 375 g/mol. The number of rotatable bonds is 4. The molecular weight excluding hydrogens is 353 g/mol. The minimum Gasteiger partial charge on any atom is -0.312 e. The van der Waals surface area contributed by atoms with E-state index in [9.17, 15) is 4.79 Å². The Morgan fingerprint density at radius 1 is 1.37 bits per heavy atom. The Morgan fingerprint density at radius 2 is 2.05 bits per heavy atom. The molecule has 1 fully saturated rings. The van der Waals surface area contributed by atoms with Crippen molar-refractivity contribution in [3.63, 3.8) is 0 Å². The molecule has 0 saturated heterocycles. The molecular formula is C14H22IN3O. The number of aryl methyl sites for hydroxylation is 1. The molecule has 2 rings (SSSR count). The predicted octanol–water partition coefficient (Wildman–Crippen LogP) is 2.47. The first-order valence-corrected chi connectivity index (χ1v) is 8.21. The van der Waals surface area contributed by atoms with Gasteiger partial charge in [-0.15, -0.1) is 0 Å². The second-order valence-corrected chi connectivity index (χ2v) is 6.41. The summed E-state index contributed by atoms with van der Waals surface area (Å²) in [6.07, 6.45) is 9.61. The highest BCUT2D eigenvalue weighted by Crippen LogP contribution is 2.16. The van der Waals surface area contributed by atoms with Crippen molar-refractivity contribution in [2.45, 2.75) is 58.0 Å². The van der Waals surface area contributed by atoms with Gasteiger partial charge >= 0.3 is 0 Å². The van der Waals surface area contributed by atoms with Crippen molar-refractivity contribution in [2.24, 2.45) is 0 Å². The maximum absolute atomic E-state index is 12.0. The topological polar surface area (TPSA) is 46.9 Å². The van der Waals surface area contributed by atoms with Crippen molar-refractivity contribution in [1.82, 2.24) is 14.9 Å². The Labute approximate surface area is 128 Å². The molecule has 1 saturated carbocycles. The lowest BCUT2D eigenvalue weighted by molar-refractivity contribution is 0.439. The van der Waals surface area contributed by atoms with Crippen LogP contribution in [-0.4, -0.2) is 22.1 Å². The van der Waals surface area contributed by atoms with E-state index in [1.54, 1.807) is 10.8 Å². The highest BCUT2D eigenvalue weighted by molar-refractivity contribution is 14.1. The van der Waals surface area contributed by atoms with Gasteiger partial charge in [0.2, 0.25) is 0 Å². The average Bonchev–Trinajstić information content (AvgIpc) is 2.67. The Bertz CT molecular complexity index is 464. The van der Waals surface area contributed by atoms with Gasteiger partial charge in [-0.3, -0.25) is 9.36 Å². The number of hydrogen-bond donors (Lipinski definition) is 1. The molecule has 0 spiro atoms. The third-order valence-corrected chi connectivity index (χ3v) is 4.57. The molecule has 0 radical (unpaired) electrons. The lowest BCUT2D eigenvalue weighted by Crippen LogP contribution is -2.35. The molecule has 0 aromatic carbocycles. The summed E-state index contributed by atoms with van der Waals surface area (Å²) in [4.78, 5) is 16.3. The van der Waals surface area contributed by atoms with Crippen LogP contribution in [-0.2, 0) is 6.54 Å². The fourth-order valence-electron chi connectivity index (χ4n) is 2.68. The quantitative estimate of drug-likeness (QED) is 0.650. The molecule has 19 heavy (non-hydrogen) atoms. The van der Waals surface area contributed by atoms with Crippen molar-refractivity contribution in [3.05, 3.63) is 25.9 Å². The molecule has 106 valence electrons. The number of hydrogen-bond acceptors (Lipinski definition) is 3. The van der Waals surface area contributed by atoms with Crippen molar-refractivity contribution in [3.8, 4) is 0 Å². The van der Waals surface area contributed by atoms with Crippen LogP contribution in [0.3, 0.4) is 0 Å². The van der Waals surface area contributed by atoms with E-state index in [-0.39, 0.29) is 5.56 Å². The summed E-state index contributed by atoms with van der Waals surface area (Å²) >= 11 is 2.05. The zero-order chi connectivity index (χ0) is 13.7. The van der Waals surface area contributed by atoms with Crippen LogP contribution in [0.25, 0.3) is 0 Å². The number of nitrogens with one attached hydrogen (secondary N) is 1. The lowest BCUT2D eigenvalue weighted by Gasteiger charge is -2.17. The lowest BCUT2D eigenvalue weighted by atomic mass is 10.1. The molecule has 0 atom stereocenters. The zero-order valence-electron chi connectivity index (χ0n) is 11.5. The van der Waals surface area contributed by atoms with Gasteiger partial charge in [-0.25, -0.2) is 4.98 Å². The van der Waals surface area contributed by atoms with E-state index in [2.05, 4.69) is 32.9 Å². The van der Waals surface area contributed by atoms with Gasteiger partial charge in [-0.2, -0.15) is 0 Å². The van der Waals surface area contributed by atoms with Crippen molar-refractivity contribution in [1.29, 1.82) is 0 Å². The standard InChI is InChI=1S/C14H22IN3O/c1-11-17-10-13(15)14(19)18(11)9-8-16-12-6-4-2-3-5-7-12/h10,12,16H,2-9H2,1H3. The van der Waals surface area contributed by atoms with E-state index in [4.69, 9.17) is 0 Å². The van der Waals surface area contributed by atoms with Crippen molar-refractivity contribution < 1.29 is 0 Å². The molecule has 0 bridgehead atoms. The molecule has 0 amide bonds. The third kappa shape index (κ3) is 4.27. The van der Waals surface area contributed by atoms with Gasteiger partial charge in [-0.1, -0.05) is 25.7 Å². The second-order valence-electron chi connectivity index (χ2n) is 5.25. The second kappa shape index (κ2) is 7.38. The van der Waals surface area contributed by atoms with Crippen LogP contribution in [0.5, 0.6) is 0 Å². The van der Waals surface area contributed by atoms with Gasteiger partial charge in [0.25, 0.3) is 5.56 Å². The first-order valence-electron chi connectivity index (χ1n) is 7.14. The highest BCUT2D eigenvalue weighted by atomic mass is 127. The Hall–Kier alpha value is -0.430. The van der Waals surface area contributed by atoms with Crippen molar-refractivity contribution >= 4 is 22.6 Å². The van der Waals surface area contributed by atoms with Gasteiger partial charge in [0.05, 0.1) is 3.57 Å². The summed E-state index contributed by atoms with van der Waals surface area (Å²) in [5.41, 5.74) is 0.0794. The first kappa shape index (κ1) is 15.0. The summed E-state index contributed by atoms with van der Waals surface area (Å²) < 4.78 is 2.46. The molecule has 1 heterocycles. The molecule has 1 aliphatic carbocycles. The van der Waals surface area contributed by atoms with E-state index in [1.807, 2.05) is 6.92 Å². The first-order chi connectivity index (χ1) is 9.18. The summed E-state index contributed by atoms with van der Waals surface area (Å²) in [7, 11) is 0. The summed E-state index contributed by atoms with van der Waals surface area (Å²) in [5, 5.41) is 3.59. The van der Waals surface area contributed by atoms with Crippen LogP contribution in [0.2, 0.25) is 0 Å². The Kier molecular flexibility index (Phi) is 5.81. The largest absolute Gasteiger partial charge is 0.312 e. The molecule has 4 nitrogen and oxygen atoms in total. The van der Waals surface area contributed by atoms with Crippen LogP contribution in [0, 0.1) is 10.5 Å². The predicted molar refractivity (Wildman–Crippen MR) is 85.4 cm³/mol. The molecule has 1 aliphatic rings. The van der Waals surface area contributed by atoms with Gasteiger partial charge in [0.1, 0.15) is 5.82 Å². The minimum atomic E-state index is 0.0794. The van der Waals surface area contributed by atoms with E-state index in [0.717, 1.165) is 12.4 Å². The molecule has 1 N–H and O–H groups in total. The maximum Gasteiger partial charge on any atom is 0.266 e. The van der Waals surface area contributed by atoms with E-state index < -0.39 is 0 Å². The van der Waals surface area contributed by atoms with Crippen molar-refractivity contribution in [2.75, 3.05) is 6.54 Å². The van der Waals surface area contributed by atoms with Gasteiger partial charge < -0.3 is 5.32 Å². The summed E-state index contributed by atoms with van der Waals surface area (Å²) in [6.45, 7) is 3.46. The Morgan fingerprint density at radius 3 is 2.74 bits per heavy atom. The van der Waals surface area contributed by atoms with E-state index in [0.29, 0.717) is 16.2 Å². The van der Waals surface area contributed by atoms with Crippen LogP contribution >= 0.6 is 22.6 Å². The zero-order valence-corrected chi connectivity index (χ0v) is 13.6. The molecule has 5 heteroatoms. The highest BCUT2D eigenvalue weighted by Gasteiger charge is 2.11. The van der Waals surface area contributed by atoms with Gasteiger partial charge in [-0.05, 0) is 42.4 Å². The summed E-state index contributed by atoms with van der Waals surface area (Å²) in [5.74, 6) is 0.799. The van der Waals surface area contributed by atoms with Crippen LogP contribution in [0.4, 0.5) is 0 Å².